The van der Waals surface area contributed by atoms with Gasteiger partial charge in [0.2, 0.25) is 0 Å². The van der Waals surface area contributed by atoms with Crippen molar-refractivity contribution in [2.75, 3.05) is 31.6 Å². The van der Waals surface area contributed by atoms with Gasteiger partial charge in [-0.1, -0.05) is 6.07 Å². The molecule has 0 unspecified atom stereocenters. The van der Waals surface area contributed by atoms with E-state index >= 15 is 0 Å². The minimum atomic E-state index is 0.933. The van der Waals surface area contributed by atoms with Crippen LogP contribution in [0.3, 0.4) is 0 Å². The van der Waals surface area contributed by atoms with E-state index in [4.69, 9.17) is 0 Å². The predicted octanol–water partition coefficient (Wildman–Crippen LogP) is 1.27. The maximum absolute atomic E-state index is 4.53. The number of nitrogens with zero attached hydrogens (tertiary/aromatic N) is 6. The molecule has 1 aliphatic heterocycles. The maximum atomic E-state index is 4.53. The quantitative estimate of drug-likeness (QED) is 0.669. The fraction of sp³-hybridized carbons (Fsp3) is 0.312. The zero-order valence-electron chi connectivity index (χ0n) is 12.8. The summed E-state index contributed by atoms with van der Waals surface area (Å²) in [5.74, 6) is 0. The standard InChI is InChI=1S/C16H19N6/c1-19-5-7-21(8-6-19)16-10-18-22-12-13(3-4-15(16)22)14-9-17-20(2)11-14/h3-5,9-12H,6-8H2,1-2H3/q+1. The molecule has 3 aromatic heterocycles. The van der Waals surface area contributed by atoms with Gasteiger partial charge in [-0.15, -0.1) is 0 Å². The summed E-state index contributed by atoms with van der Waals surface area (Å²) < 4.78 is 6.01. The van der Waals surface area contributed by atoms with E-state index in [2.05, 4.69) is 51.3 Å². The third kappa shape index (κ3) is 2.16. The summed E-state index contributed by atoms with van der Waals surface area (Å²) in [6.07, 6.45) is 10.1. The molecule has 0 radical (unpaired) electrons. The van der Waals surface area contributed by atoms with Crippen LogP contribution in [0.15, 0.2) is 36.9 Å². The summed E-state index contributed by atoms with van der Waals surface area (Å²) in [6.45, 7) is 3.01. The molecule has 3 aromatic rings. The molecule has 0 bridgehead atoms. The first-order valence-electron chi connectivity index (χ1n) is 7.45. The average molecular weight is 295 g/mol. The Morgan fingerprint density at radius 3 is 2.73 bits per heavy atom. The number of hydrogen-bond donors (Lipinski definition) is 0. The van der Waals surface area contributed by atoms with Crippen LogP contribution >= 0.6 is 0 Å². The molecule has 6 nitrogen and oxygen atoms in total. The molecule has 0 saturated heterocycles. The summed E-state index contributed by atoms with van der Waals surface area (Å²) in [7, 11) is 4.05. The Bertz CT molecular complexity index is 857. The molecule has 6 heteroatoms. The molecule has 22 heavy (non-hydrogen) atoms. The lowest BCUT2D eigenvalue weighted by Gasteiger charge is -2.22. The first kappa shape index (κ1) is 13.1. The molecule has 0 spiro atoms. The van der Waals surface area contributed by atoms with Crippen molar-refractivity contribution in [1.29, 1.82) is 0 Å². The number of pyridine rings is 1. The third-order valence-electron chi connectivity index (χ3n) is 4.21. The van der Waals surface area contributed by atoms with Gasteiger partial charge in [0.1, 0.15) is 7.05 Å². The van der Waals surface area contributed by atoms with Crippen molar-refractivity contribution in [3.8, 4) is 11.1 Å². The number of rotatable bonds is 2. The zero-order chi connectivity index (χ0) is 15.1. The van der Waals surface area contributed by atoms with Gasteiger partial charge < -0.3 is 4.90 Å². The number of aryl methyl sites for hydroxylation is 1. The zero-order valence-corrected chi connectivity index (χ0v) is 12.8. The second kappa shape index (κ2) is 4.98. The summed E-state index contributed by atoms with van der Waals surface area (Å²) in [5, 5.41) is 8.75. The van der Waals surface area contributed by atoms with Crippen molar-refractivity contribution in [3.05, 3.63) is 36.9 Å². The van der Waals surface area contributed by atoms with E-state index in [1.807, 2.05) is 34.8 Å². The fourth-order valence-electron chi connectivity index (χ4n) is 2.87. The Hall–Kier alpha value is -2.63. The molecular weight excluding hydrogens is 276 g/mol. The SMILES string of the molecule is Cn1cc(-c2ccc3c(N4CC=[N+](C)CC4)cnn3c2)cn1. The topological polar surface area (TPSA) is 41.4 Å². The van der Waals surface area contributed by atoms with Crippen LogP contribution in [0.1, 0.15) is 0 Å². The van der Waals surface area contributed by atoms with Gasteiger partial charge in [0, 0.05) is 30.6 Å². The van der Waals surface area contributed by atoms with Gasteiger partial charge >= 0.3 is 0 Å². The number of aromatic nitrogens is 4. The number of anilines is 1. The second-order valence-electron chi connectivity index (χ2n) is 5.79. The first-order chi connectivity index (χ1) is 10.7. The van der Waals surface area contributed by atoms with Gasteiger partial charge in [-0.25, -0.2) is 9.09 Å². The van der Waals surface area contributed by atoms with Gasteiger partial charge in [-0.3, -0.25) is 4.68 Å². The number of hydrogen-bond acceptors (Lipinski definition) is 3. The highest BCUT2D eigenvalue weighted by molar-refractivity contribution is 5.77. The molecule has 0 amide bonds. The van der Waals surface area contributed by atoms with Crippen LogP contribution in [0.25, 0.3) is 16.6 Å². The molecule has 1 aliphatic rings. The smallest absolute Gasteiger partial charge is 0.159 e. The van der Waals surface area contributed by atoms with Gasteiger partial charge in [0.25, 0.3) is 0 Å². The van der Waals surface area contributed by atoms with E-state index in [-0.39, 0.29) is 0 Å². The molecule has 0 saturated carbocycles. The van der Waals surface area contributed by atoms with Crippen LogP contribution < -0.4 is 4.90 Å². The fourth-order valence-corrected chi connectivity index (χ4v) is 2.87. The van der Waals surface area contributed by atoms with Crippen molar-refractivity contribution in [2.45, 2.75) is 0 Å². The van der Waals surface area contributed by atoms with Crippen molar-refractivity contribution in [2.24, 2.45) is 7.05 Å². The molecule has 112 valence electrons. The highest BCUT2D eigenvalue weighted by Gasteiger charge is 2.18. The van der Waals surface area contributed by atoms with Gasteiger partial charge in [-0.2, -0.15) is 10.2 Å². The van der Waals surface area contributed by atoms with Crippen LogP contribution in [-0.4, -0.2) is 56.9 Å². The largest absolute Gasteiger partial charge is 0.352 e. The molecular formula is C16H19N6+. The lowest BCUT2D eigenvalue weighted by Crippen LogP contribution is -2.38. The molecule has 4 heterocycles. The normalized spacial score (nSPS) is 15.4. The Kier molecular flexibility index (Phi) is 2.96. The number of likely N-dealkylation sites (N-methyl/N-ethyl adjacent to an activating group) is 1. The van der Waals surface area contributed by atoms with Crippen molar-refractivity contribution in [3.63, 3.8) is 0 Å². The average Bonchev–Trinajstić information content (AvgIpc) is 3.14. The number of fused-ring (bicyclic) bond motifs is 1. The van der Waals surface area contributed by atoms with Crippen LogP contribution in [0.4, 0.5) is 5.69 Å². The van der Waals surface area contributed by atoms with E-state index < -0.39 is 0 Å². The monoisotopic (exact) mass is 295 g/mol. The second-order valence-corrected chi connectivity index (χ2v) is 5.79. The molecule has 0 N–H and O–H groups in total. The minimum absolute atomic E-state index is 0.933. The van der Waals surface area contributed by atoms with Crippen molar-refractivity contribution in [1.82, 2.24) is 19.4 Å². The summed E-state index contributed by atoms with van der Waals surface area (Å²) in [5.41, 5.74) is 4.57. The summed E-state index contributed by atoms with van der Waals surface area (Å²) in [4.78, 5) is 2.37. The molecule has 0 aromatic carbocycles. The van der Waals surface area contributed by atoms with Crippen LogP contribution in [0, 0.1) is 0 Å². The maximum Gasteiger partial charge on any atom is 0.159 e. The molecule has 4 rings (SSSR count). The highest BCUT2D eigenvalue weighted by Crippen LogP contribution is 2.25. The highest BCUT2D eigenvalue weighted by atomic mass is 15.3. The first-order valence-corrected chi connectivity index (χ1v) is 7.45. The Balaban J connectivity index is 1.71. The molecule has 0 fully saturated rings. The summed E-state index contributed by atoms with van der Waals surface area (Å²) in [6, 6.07) is 4.28. The lowest BCUT2D eigenvalue weighted by atomic mass is 10.1. The van der Waals surface area contributed by atoms with E-state index in [9.17, 15) is 0 Å². The van der Waals surface area contributed by atoms with Gasteiger partial charge in [0.05, 0.1) is 36.7 Å². The summed E-state index contributed by atoms with van der Waals surface area (Å²) >= 11 is 0. The van der Waals surface area contributed by atoms with Crippen molar-refractivity contribution >= 4 is 17.4 Å². The van der Waals surface area contributed by atoms with Crippen molar-refractivity contribution < 1.29 is 4.58 Å². The Morgan fingerprint density at radius 1 is 1.09 bits per heavy atom. The van der Waals surface area contributed by atoms with E-state index in [0.717, 1.165) is 36.3 Å². The van der Waals surface area contributed by atoms with E-state index in [1.54, 1.807) is 0 Å². The molecule has 0 aliphatic carbocycles. The Morgan fingerprint density at radius 2 is 2.00 bits per heavy atom. The predicted molar refractivity (Wildman–Crippen MR) is 86.7 cm³/mol. The van der Waals surface area contributed by atoms with Crippen LogP contribution in [0.5, 0.6) is 0 Å². The van der Waals surface area contributed by atoms with E-state index in [1.165, 1.54) is 5.69 Å². The van der Waals surface area contributed by atoms with Crippen LogP contribution in [0.2, 0.25) is 0 Å². The lowest BCUT2D eigenvalue weighted by molar-refractivity contribution is -0.493. The molecule has 0 atom stereocenters. The van der Waals surface area contributed by atoms with E-state index in [0.29, 0.717) is 0 Å². The van der Waals surface area contributed by atoms with Gasteiger partial charge in [0.15, 0.2) is 12.8 Å². The van der Waals surface area contributed by atoms with Gasteiger partial charge in [-0.05, 0) is 6.07 Å². The third-order valence-corrected chi connectivity index (χ3v) is 4.21. The Labute approximate surface area is 128 Å². The van der Waals surface area contributed by atoms with Crippen LogP contribution in [-0.2, 0) is 7.05 Å². The minimum Gasteiger partial charge on any atom is -0.352 e.